The molecule has 11 heteroatoms. The van der Waals surface area contributed by atoms with Crippen LogP contribution in [0.5, 0.6) is 0 Å². The van der Waals surface area contributed by atoms with Crippen LogP contribution in [0.2, 0.25) is 0 Å². The molecule has 0 radical (unpaired) electrons. The fraction of sp³-hybridized carbons (Fsp3) is 0.267. The summed E-state index contributed by atoms with van der Waals surface area (Å²) in [7, 11) is 0. The van der Waals surface area contributed by atoms with Gasteiger partial charge in [0.15, 0.2) is 0 Å². The summed E-state index contributed by atoms with van der Waals surface area (Å²) in [5.41, 5.74) is -0.970. The second-order valence-corrected chi connectivity index (χ2v) is 5.34. The van der Waals surface area contributed by atoms with E-state index in [9.17, 15) is 28.5 Å². The Kier molecular flexibility index (Phi) is 5.60. The third-order valence-electron chi connectivity index (χ3n) is 3.37. The van der Waals surface area contributed by atoms with Crippen LogP contribution < -0.4 is 10.6 Å². The van der Waals surface area contributed by atoms with Gasteiger partial charge in [-0.2, -0.15) is 5.10 Å². The number of hydrogen-bond donors (Lipinski definition) is 2. The molecule has 1 aromatic carbocycles. The Balaban J connectivity index is 2.11. The molecule has 9 nitrogen and oxygen atoms in total. The third kappa shape index (κ3) is 4.37. The van der Waals surface area contributed by atoms with E-state index in [-0.39, 0.29) is 11.6 Å². The highest BCUT2D eigenvalue weighted by Crippen LogP contribution is 2.30. The molecule has 0 saturated carbocycles. The van der Waals surface area contributed by atoms with E-state index in [2.05, 4.69) is 15.7 Å². The van der Waals surface area contributed by atoms with Crippen molar-refractivity contribution in [3.05, 3.63) is 45.8 Å². The minimum absolute atomic E-state index is 0.138. The molecule has 1 heterocycles. The third-order valence-corrected chi connectivity index (χ3v) is 3.37. The number of carbonyl (C=O) groups excluding carboxylic acids is 2. The van der Waals surface area contributed by atoms with Gasteiger partial charge >= 0.3 is 5.69 Å². The Hall–Kier alpha value is -3.37. The Bertz CT molecular complexity index is 848. The van der Waals surface area contributed by atoms with Crippen LogP contribution in [0.4, 0.5) is 25.8 Å². The fourth-order valence-corrected chi connectivity index (χ4v) is 2.26. The van der Waals surface area contributed by atoms with Gasteiger partial charge in [-0.25, -0.2) is 8.78 Å². The monoisotopic (exact) mass is 367 g/mol. The van der Waals surface area contributed by atoms with Crippen molar-refractivity contribution in [2.45, 2.75) is 26.8 Å². The number of hydrogen-bond acceptors (Lipinski definition) is 5. The van der Waals surface area contributed by atoms with Gasteiger partial charge in [0.05, 0.1) is 4.92 Å². The zero-order valence-electron chi connectivity index (χ0n) is 13.8. The zero-order valence-corrected chi connectivity index (χ0v) is 13.8. The molecule has 0 spiro atoms. The van der Waals surface area contributed by atoms with E-state index in [4.69, 9.17) is 0 Å². The lowest BCUT2D eigenvalue weighted by molar-refractivity contribution is -0.386. The number of alkyl halides is 2. The van der Waals surface area contributed by atoms with E-state index >= 15 is 0 Å². The number of nitrogens with one attached hydrogen (secondary N) is 2. The number of carbonyl (C=O) groups is 2. The zero-order chi connectivity index (χ0) is 19.4. The molecule has 0 unspecified atom stereocenters. The maximum absolute atomic E-state index is 12.9. The average Bonchev–Trinajstić information content (AvgIpc) is 2.86. The van der Waals surface area contributed by atoms with Gasteiger partial charge in [0.25, 0.3) is 6.43 Å². The minimum atomic E-state index is -3.13. The number of anilines is 2. The maximum Gasteiger partial charge on any atom is 0.319 e. The SMILES string of the molecule is CC(=O)Nc1ccc(NC(=O)Cn2nc(C(F)F)c([N+](=O)[O-])c2C)cc1. The van der Waals surface area contributed by atoms with Crippen molar-refractivity contribution in [3.63, 3.8) is 0 Å². The molecule has 0 aliphatic carbocycles. The van der Waals surface area contributed by atoms with Gasteiger partial charge in [0.2, 0.25) is 17.5 Å². The molecule has 0 fully saturated rings. The highest BCUT2D eigenvalue weighted by Gasteiger charge is 2.31. The molecule has 0 aliphatic heterocycles. The predicted molar refractivity (Wildman–Crippen MR) is 88.0 cm³/mol. The summed E-state index contributed by atoms with van der Waals surface area (Å²) in [5.74, 6) is -0.842. The Labute approximate surface area is 146 Å². The van der Waals surface area contributed by atoms with E-state index < -0.39 is 35.2 Å². The van der Waals surface area contributed by atoms with Crippen LogP contribution >= 0.6 is 0 Å². The highest BCUT2D eigenvalue weighted by molar-refractivity contribution is 5.92. The van der Waals surface area contributed by atoms with Gasteiger partial charge in [0, 0.05) is 18.3 Å². The molecule has 0 saturated heterocycles. The smallest absolute Gasteiger partial charge is 0.319 e. The lowest BCUT2D eigenvalue weighted by Gasteiger charge is -2.08. The molecular formula is C15H15F2N5O4. The molecule has 1 aromatic heterocycles. The normalized spacial score (nSPS) is 10.7. The first-order valence-electron chi connectivity index (χ1n) is 7.36. The number of nitrogens with zero attached hydrogens (tertiary/aromatic N) is 3. The van der Waals surface area contributed by atoms with Crippen LogP contribution in [0.3, 0.4) is 0 Å². The molecule has 138 valence electrons. The second kappa shape index (κ2) is 7.68. The van der Waals surface area contributed by atoms with Gasteiger partial charge < -0.3 is 10.6 Å². The molecule has 0 aliphatic rings. The van der Waals surface area contributed by atoms with Crippen LogP contribution in [0, 0.1) is 17.0 Å². The Morgan fingerprint density at radius 2 is 1.77 bits per heavy atom. The maximum atomic E-state index is 12.9. The summed E-state index contributed by atoms with van der Waals surface area (Å²) < 4.78 is 26.6. The first-order chi connectivity index (χ1) is 12.2. The van der Waals surface area contributed by atoms with Crippen LogP contribution in [-0.2, 0) is 16.1 Å². The lowest BCUT2D eigenvalue weighted by atomic mass is 10.2. The quantitative estimate of drug-likeness (QED) is 0.601. The molecule has 2 N–H and O–H groups in total. The summed E-state index contributed by atoms with van der Waals surface area (Å²) in [6, 6.07) is 6.20. The Morgan fingerprint density at radius 1 is 1.23 bits per heavy atom. The number of halogens is 2. The second-order valence-electron chi connectivity index (χ2n) is 5.34. The molecular weight excluding hydrogens is 352 g/mol. The van der Waals surface area contributed by atoms with Crippen LogP contribution in [-0.4, -0.2) is 26.5 Å². The van der Waals surface area contributed by atoms with Gasteiger partial charge in [-0.3, -0.25) is 24.4 Å². The summed E-state index contributed by atoms with van der Waals surface area (Å²) in [6.45, 7) is 2.13. The Morgan fingerprint density at radius 3 is 2.19 bits per heavy atom. The van der Waals surface area contributed by atoms with Crippen molar-refractivity contribution < 1.29 is 23.3 Å². The molecule has 2 amide bonds. The van der Waals surface area contributed by atoms with Crippen LogP contribution in [0.15, 0.2) is 24.3 Å². The number of amides is 2. The van der Waals surface area contributed by atoms with Crippen molar-refractivity contribution >= 4 is 28.9 Å². The number of benzene rings is 1. The lowest BCUT2D eigenvalue weighted by Crippen LogP contribution is -2.20. The van der Waals surface area contributed by atoms with Gasteiger partial charge in [-0.05, 0) is 31.2 Å². The van der Waals surface area contributed by atoms with E-state index in [0.29, 0.717) is 11.4 Å². The van der Waals surface area contributed by atoms with Crippen LogP contribution in [0.25, 0.3) is 0 Å². The predicted octanol–water partition coefficient (Wildman–Crippen LogP) is 2.63. The molecule has 0 atom stereocenters. The van der Waals surface area contributed by atoms with Crippen molar-refractivity contribution in [2.75, 3.05) is 10.6 Å². The van der Waals surface area contributed by atoms with E-state index in [1.54, 1.807) is 12.1 Å². The van der Waals surface area contributed by atoms with Gasteiger partial charge in [0.1, 0.15) is 12.2 Å². The first kappa shape index (κ1) is 19.0. The first-order valence-corrected chi connectivity index (χ1v) is 7.36. The largest absolute Gasteiger partial charge is 0.326 e. The summed E-state index contributed by atoms with van der Waals surface area (Å²) >= 11 is 0. The van der Waals surface area contributed by atoms with E-state index in [0.717, 1.165) is 4.68 Å². The van der Waals surface area contributed by atoms with E-state index in [1.807, 2.05) is 0 Å². The summed E-state index contributed by atoms with van der Waals surface area (Å²) in [4.78, 5) is 33.0. The van der Waals surface area contributed by atoms with Crippen molar-refractivity contribution in [3.8, 4) is 0 Å². The molecule has 26 heavy (non-hydrogen) atoms. The minimum Gasteiger partial charge on any atom is -0.326 e. The van der Waals surface area contributed by atoms with Crippen molar-refractivity contribution in [1.82, 2.24) is 9.78 Å². The van der Waals surface area contributed by atoms with Crippen molar-refractivity contribution in [2.24, 2.45) is 0 Å². The summed E-state index contributed by atoms with van der Waals surface area (Å²) in [6.07, 6.45) is -3.13. The molecule has 2 rings (SSSR count). The number of nitro groups is 1. The number of aromatic nitrogens is 2. The number of rotatable bonds is 6. The molecule has 0 bridgehead atoms. The van der Waals surface area contributed by atoms with Crippen LogP contribution in [0.1, 0.15) is 24.7 Å². The topological polar surface area (TPSA) is 119 Å². The van der Waals surface area contributed by atoms with E-state index in [1.165, 1.54) is 26.0 Å². The van der Waals surface area contributed by atoms with Gasteiger partial charge in [-0.15, -0.1) is 0 Å². The molecule has 2 aromatic rings. The fourth-order valence-electron chi connectivity index (χ4n) is 2.26. The van der Waals surface area contributed by atoms with Crippen molar-refractivity contribution in [1.29, 1.82) is 0 Å². The average molecular weight is 367 g/mol. The van der Waals surface area contributed by atoms with Gasteiger partial charge in [-0.1, -0.05) is 0 Å². The standard InChI is InChI=1S/C15H15F2N5O4/c1-8-14(22(25)26)13(15(16)17)20-21(8)7-12(24)19-11-5-3-10(4-6-11)18-9(2)23/h3-6,15H,7H2,1-2H3,(H,18,23)(H,19,24). The highest BCUT2D eigenvalue weighted by atomic mass is 19.3. The summed E-state index contributed by atoms with van der Waals surface area (Å²) in [5, 5.41) is 19.5.